The number of hydrogen-bond acceptors (Lipinski definition) is 8. The molecular formula is C30H20Cl3N5O4S. The molecule has 0 atom stereocenters. The van der Waals surface area contributed by atoms with E-state index >= 15 is 0 Å². The molecular weight excluding hydrogens is 633 g/mol. The summed E-state index contributed by atoms with van der Waals surface area (Å²) in [6.45, 7) is 0.0351. The Kier molecular flexibility index (Phi) is 9.53. The molecule has 9 nitrogen and oxygen atoms in total. The topological polar surface area (TPSA) is 119 Å². The molecule has 0 aliphatic rings. The largest absolute Gasteiger partial charge is 0.486 e. The Hall–Kier alpha value is -4.48. The third kappa shape index (κ3) is 7.88. The fourth-order valence-corrected chi connectivity index (χ4v) is 5.33. The highest BCUT2D eigenvalue weighted by atomic mass is 35.5. The Balaban J connectivity index is 1.16. The summed E-state index contributed by atoms with van der Waals surface area (Å²) in [5.74, 6) is -0.176. The SMILES string of the molecule is O=C(N/N=C\c1cc(Cl)c(OCc2cccc([N+](=O)[O-])c2)c(Cl)c1)c1ccc(-c2csc(Nc3ccc(Cl)cc3)n2)cc1. The van der Waals surface area contributed by atoms with Crippen molar-refractivity contribution in [1.29, 1.82) is 0 Å². The Labute approximate surface area is 264 Å². The smallest absolute Gasteiger partial charge is 0.271 e. The maximum absolute atomic E-state index is 12.6. The molecule has 1 aromatic heterocycles. The van der Waals surface area contributed by atoms with Crippen LogP contribution in [-0.4, -0.2) is 22.0 Å². The molecule has 1 heterocycles. The van der Waals surface area contributed by atoms with Crippen molar-refractivity contribution in [1.82, 2.24) is 10.4 Å². The maximum atomic E-state index is 12.6. The second-order valence-corrected chi connectivity index (χ2v) is 11.1. The van der Waals surface area contributed by atoms with Gasteiger partial charge < -0.3 is 10.1 Å². The van der Waals surface area contributed by atoms with Crippen LogP contribution in [0.5, 0.6) is 5.75 Å². The number of carbonyl (C=O) groups excluding carboxylic acids is 1. The molecule has 13 heteroatoms. The molecule has 0 bridgehead atoms. The number of hydrazone groups is 1. The van der Waals surface area contributed by atoms with Crippen LogP contribution in [0.15, 0.2) is 95.4 Å². The molecule has 5 aromatic rings. The fraction of sp³-hybridized carbons (Fsp3) is 0.0333. The van der Waals surface area contributed by atoms with Crippen molar-refractivity contribution in [2.75, 3.05) is 5.32 Å². The van der Waals surface area contributed by atoms with Gasteiger partial charge in [0.2, 0.25) is 0 Å². The lowest BCUT2D eigenvalue weighted by molar-refractivity contribution is -0.384. The van der Waals surface area contributed by atoms with Crippen LogP contribution in [0, 0.1) is 10.1 Å². The predicted molar refractivity (Wildman–Crippen MR) is 171 cm³/mol. The molecule has 0 aliphatic heterocycles. The summed E-state index contributed by atoms with van der Waals surface area (Å²) in [6, 6.07) is 23.6. The first-order valence-electron chi connectivity index (χ1n) is 12.5. The molecule has 0 radical (unpaired) electrons. The van der Waals surface area contributed by atoms with Crippen LogP contribution in [-0.2, 0) is 6.61 Å². The van der Waals surface area contributed by atoms with Gasteiger partial charge in [0, 0.05) is 39.3 Å². The van der Waals surface area contributed by atoms with Crippen LogP contribution in [0.3, 0.4) is 0 Å². The van der Waals surface area contributed by atoms with Gasteiger partial charge in [-0.2, -0.15) is 5.10 Å². The van der Waals surface area contributed by atoms with Crippen molar-refractivity contribution >= 4 is 74.8 Å². The normalized spacial score (nSPS) is 11.0. The van der Waals surface area contributed by atoms with E-state index in [9.17, 15) is 14.9 Å². The van der Waals surface area contributed by atoms with Gasteiger partial charge in [-0.3, -0.25) is 14.9 Å². The van der Waals surface area contributed by atoms with Gasteiger partial charge in [-0.1, -0.05) is 59.1 Å². The van der Waals surface area contributed by atoms with Crippen molar-refractivity contribution in [3.8, 4) is 17.0 Å². The third-order valence-electron chi connectivity index (χ3n) is 5.95. The van der Waals surface area contributed by atoms with E-state index in [0.717, 1.165) is 22.1 Å². The van der Waals surface area contributed by atoms with E-state index in [2.05, 4.69) is 20.8 Å². The Bertz CT molecular complexity index is 1790. The van der Waals surface area contributed by atoms with Gasteiger partial charge in [-0.15, -0.1) is 11.3 Å². The number of amides is 1. The summed E-state index contributed by atoms with van der Waals surface area (Å²) in [4.78, 5) is 27.7. The summed E-state index contributed by atoms with van der Waals surface area (Å²) in [7, 11) is 0. The number of nitrogens with zero attached hydrogens (tertiary/aromatic N) is 3. The summed E-state index contributed by atoms with van der Waals surface area (Å²) in [5, 5.41) is 22.0. The number of aromatic nitrogens is 1. The lowest BCUT2D eigenvalue weighted by Gasteiger charge is -2.11. The Morgan fingerprint density at radius 2 is 1.72 bits per heavy atom. The van der Waals surface area contributed by atoms with Gasteiger partial charge in [0.1, 0.15) is 6.61 Å². The Morgan fingerprint density at radius 3 is 2.42 bits per heavy atom. The number of benzene rings is 4. The average molecular weight is 653 g/mol. The second kappa shape index (κ2) is 13.7. The third-order valence-corrected chi connectivity index (χ3v) is 7.52. The van der Waals surface area contributed by atoms with Gasteiger partial charge in [-0.25, -0.2) is 10.4 Å². The van der Waals surface area contributed by atoms with Crippen LogP contribution in [0.2, 0.25) is 15.1 Å². The first-order valence-corrected chi connectivity index (χ1v) is 14.5. The molecule has 0 unspecified atom stereocenters. The van der Waals surface area contributed by atoms with Gasteiger partial charge in [0.25, 0.3) is 11.6 Å². The maximum Gasteiger partial charge on any atom is 0.271 e. The van der Waals surface area contributed by atoms with Crippen molar-refractivity contribution in [3.05, 3.63) is 132 Å². The quantitative estimate of drug-likeness (QED) is 0.0884. The van der Waals surface area contributed by atoms with Gasteiger partial charge >= 0.3 is 0 Å². The van der Waals surface area contributed by atoms with Crippen molar-refractivity contribution in [2.45, 2.75) is 6.61 Å². The molecule has 5 rings (SSSR count). The molecule has 1 amide bonds. The molecule has 43 heavy (non-hydrogen) atoms. The van der Waals surface area contributed by atoms with Crippen molar-refractivity contribution in [3.63, 3.8) is 0 Å². The highest BCUT2D eigenvalue weighted by molar-refractivity contribution is 7.14. The number of hydrogen-bond donors (Lipinski definition) is 2. The summed E-state index contributed by atoms with van der Waals surface area (Å²) in [5.41, 5.74) is 6.48. The van der Waals surface area contributed by atoms with Crippen LogP contribution in [0.4, 0.5) is 16.5 Å². The molecule has 0 saturated heterocycles. The van der Waals surface area contributed by atoms with E-state index in [1.54, 1.807) is 48.5 Å². The fourth-order valence-electron chi connectivity index (χ4n) is 3.85. The summed E-state index contributed by atoms with van der Waals surface area (Å²) in [6.07, 6.45) is 1.40. The Morgan fingerprint density at radius 1 is 1.00 bits per heavy atom. The minimum absolute atomic E-state index is 0.0351. The van der Waals surface area contributed by atoms with Crippen LogP contribution < -0.4 is 15.5 Å². The number of nitro groups is 1. The minimum Gasteiger partial charge on any atom is -0.486 e. The molecule has 0 spiro atoms. The van der Waals surface area contributed by atoms with Gasteiger partial charge in [0.05, 0.1) is 26.9 Å². The van der Waals surface area contributed by atoms with Crippen LogP contribution in [0.25, 0.3) is 11.3 Å². The summed E-state index contributed by atoms with van der Waals surface area (Å²) < 4.78 is 5.70. The number of halogens is 3. The number of nitro benzene ring substituents is 1. The highest BCUT2D eigenvalue weighted by Gasteiger charge is 2.12. The summed E-state index contributed by atoms with van der Waals surface area (Å²) >= 11 is 20.1. The molecule has 216 valence electrons. The molecule has 0 fully saturated rings. The zero-order valence-electron chi connectivity index (χ0n) is 22.0. The average Bonchev–Trinajstić information content (AvgIpc) is 3.46. The highest BCUT2D eigenvalue weighted by Crippen LogP contribution is 2.34. The number of ether oxygens (including phenoxy) is 1. The number of carbonyl (C=O) groups is 1. The van der Waals surface area contributed by atoms with Crippen molar-refractivity contribution < 1.29 is 14.5 Å². The number of non-ortho nitro benzene ring substituents is 1. The first-order chi connectivity index (χ1) is 20.7. The number of rotatable bonds is 10. The van der Waals surface area contributed by atoms with E-state index in [0.29, 0.717) is 21.7 Å². The monoisotopic (exact) mass is 651 g/mol. The minimum atomic E-state index is -0.480. The predicted octanol–water partition coefficient (Wildman–Crippen LogP) is 8.77. The number of anilines is 2. The van der Waals surface area contributed by atoms with Crippen LogP contribution >= 0.6 is 46.1 Å². The second-order valence-electron chi connectivity index (χ2n) is 8.98. The molecule has 4 aromatic carbocycles. The number of nitrogens with one attached hydrogen (secondary N) is 2. The molecule has 0 aliphatic carbocycles. The van der Waals surface area contributed by atoms with Gasteiger partial charge in [0.15, 0.2) is 10.9 Å². The van der Waals surface area contributed by atoms with Crippen LogP contribution in [0.1, 0.15) is 21.5 Å². The van der Waals surface area contributed by atoms with E-state index in [-0.39, 0.29) is 28.1 Å². The molecule has 0 saturated carbocycles. The van der Waals surface area contributed by atoms with E-state index in [1.807, 2.05) is 29.6 Å². The van der Waals surface area contributed by atoms with E-state index in [4.69, 9.17) is 39.5 Å². The zero-order chi connectivity index (χ0) is 30.3. The number of thiazole rings is 1. The van der Waals surface area contributed by atoms with Crippen molar-refractivity contribution in [2.24, 2.45) is 5.10 Å². The molecule has 2 N–H and O–H groups in total. The standard InChI is InChI=1S/C30H20Cl3N5O4S/c31-22-8-10-23(11-9-22)35-30-36-27(17-43-30)20-4-6-21(7-5-20)29(39)37-34-15-19-13-25(32)28(26(33)14-19)42-16-18-2-1-3-24(12-18)38(40)41/h1-15,17H,16H2,(H,35,36)(H,37,39)/b34-15-. The van der Waals surface area contributed by atoms with E-state index in [1.165, 1.54) is 29.7 Å². The zero-order valence-corrected chi connectivity index (χ0v) is 25.0. The van der Waals surface area contributed by atoms with Gasteiger partial charge in [-0.05, 0) is 59.7 Å². The lowest BCUT2D eigenvalue weighted by atomic mass is 10.1. The van der Waals surface area contributed by atoms with E-state index < -0.39 is 10.8 Å². The lowest BCUT2D eigenvalue weighted by Crippen LogP contribution is -2.17. The first kappa shape index (κ1) is 30.0.